The van der Waals surface area contributed by atoms with E-state index in [1.54, 1.807) is 22.6 Å². The summed E-state index contributed by atoms with van der Waals surface area (Å²) in [4.78, 5) is 3.15. The van der Waals surface area contributed by atoms with Gasteiger partial charge in [0.05, 0.1) is 3.57 Å². The van der Waals surface area contributed by atoms with Crippen LogP contribution in [0.5, 0.6) is 0 Å². The Balaban J connectivity index is 3.43. The Morgan fingerprint density at radius 2 is 2.08 bits per heavy atom. The van der Waals surface area contributed by atoms with Crippen LogP contribution in [0.4, 0.5) is 4.39 Å². The molecule has 66 valence electrons. The maximum atomic E-state index is 12.4. The van der Waals surface area contributed by atoms with Crippen molar-refractivity contribution in [2.24, 2.45) is 0 Å². The van der Waals surface area contributed by atoms with Gasteiger partial charge >= 0.3 is 0 Å². The molecule has 0 atom stereocenters. The summed E-state index contributed by atoms with van der Waals surface area (Å²) in [5, 5.41) is -0.440. The molecule has 12 heavy (non-hydrogen) atoms. The van der Waals surface area contributed by atoms with Gasteiger partial charge in [0, 0.05) is 10.7 Å². The van der Waals surface area contributed by atoms with Crippen molar-refractivity contribution in [2.75, 3.05) is 0 Å². The highest BCUT2D eigenvalue weighted by Crippen LogP contribution is 2.19. The largest absolute Gasteiger partial charge is 0.279 e. The van der Waals surface area contributed by atoms with Gasteiger partial charge in [0.1, 0.15) is 0 Å². The smallest absolute Gasteiger partial charge is 0.205 e. The molecule has 0 fully saturated rings. The maximum absolute atomic E-state index is 12.4. The molecule has 7 heteroatoms. The molecule has 0 saturated carbocycles. The third-order valence-electron chi connectivity index (χ3n) is 1.01. The first kappa shape index (κ1) is 10.1. The van der Waals surface area contributed by atoms with Gasteiger partial charge in [0.2, 0.25) is 5.95 Å². The predicted molar refractivity (Wildman–Crippen MR) is 50.0 cm³/mol. The molecule has 1 aromatic rings. The molecular formula is C5H2ClFINO2S. The van der Waals surface area contributed by atoms with Gasteiger partial charge in [-0.05, 0) is 34.7 Å². The van der Waals surface area contributed by atoms with Crippen LogP contribution in [0.25, 0.3) is 0 Å². The van der Waals surface area contributed by atoms with E-state index in [1.165, 1.54) is 6.07 Å². The highest BCUT2D eigenvalue weighted by Gasteiger charge is 2.16. The third kappa shape index (κ3) is 2.27. The number of hydrogen-bond acceptors (Lipinski definition) is 3. The van der Waals surface area contributed by atoms with Crippen LogP contribution in [-0.4, -0.2) is 13.4 Å². The molecule has 0 bridgehead atoms. The van der Waals surface area contributed by atoms with E-state index in [2.05, 4.69) is 4.98 Å². The maximum Gasteiger partial charge on any atom is 0.279 e. The summed E-state index contributed by atoms with van der Waals surface area (Å²) < 4.78 is 34.2. The summed E-state index contributed by atoms with van der Waals surface area (Å²) in [7, 11) is 1.03. The molecule has 0 aliphatic heterocycles. The Morgan fingerprint density at radius 3 is 2.50 bits per heavy atom. The first-order chi connectivity index (χ1) is 5.41. The molecule has 1 rings (SSSR count). The molecule has 0 aromatic carbocycles. The third-order valence-corrected chi connectivity index (χ3v) is 3.46. The van der Waals surface area contributed by atoms with Crippen LogP contribution >= 0.6 is 33.3 Å². The summed E-state index contributed by atoms with van der Waals surface area (Å²) in [5.74, 6) is -0.866. The number of hydrogen-bond donors (Lipinski definition) is 0. The number of aromatic nitrogens is 1. The van der Waals surface area contributed by atoms with E-state index in [9.17, 15) is 12.8 Å². The Bertz CT molecular complexity index is 408. The molecule has 0 aliphatic carbocycles. The van der Waals surface area contributed by atoms with Gasteiger partial charge in [0.15, 0.2) is 5.03 Å². The zero-order chi connectivity index (χ0) is 9.35. The second kappa shape index (κ2) is 3.43. The van der Waals surface area contributed by atoms with Crippen LogP contribution in [0.2, 0.25) is 0 Å². The monoisotopic (exact) mass is 321 g/mol. The van der Waals surface area contributed by atoms with Crippen molar-refractivity contribution in [3.63, 3.8) is 0 Å². The first-order valence-corrected chi connectivity index (χ1v) is 6.07. The van der Waals surface area contributed by atoms with Crippen LogP contribution in [0.3, 0.4) is 0 Å². The Morgan fingerprint density at radius 1 is 1.50 bits per heavy atom. The van der Waals surface area contributed by atoms with Crippen molar-refractivity contribution in [1.29, 1.82) is 0 Å². The van der Waals surface area contributed by atoms with Gasteiger partial charge in [0.25, 0.3) is 9.05 Å². The van der Waals surface area contributed by atoms with Crippen LogP contribution in [-0.2, 0) is 9.05 Å². The van der Waals surface area contributed by atoms with Crippen molar-refractivity contribution < 1.29 is 12.8 Å². The summed E-state index contributed by atoms with van der Waals surface area (Å²) in [6.07, 6.45) is 0. The number of nitrogens with zero attached hydrogens (tertiary/aromatic N) is 1. The average molecular weight is 321 g/mol. The topological polar surface area (TPSA) is 47.0 Å². The van der Waals surface area contributed by atoms with Crippen molar-refractivity contribution >= 4 is 42.3 Å². The van der Waals surface area contributed by atoms with Crippen LogP contribution < -0.4 is 0 Å². The van der Waals surface area contributed by atoms with Gasteiger partial charge in [-0.2, -0.15) is 4.39 Å². The van der Waals surface area contributed by atoms with Crippen LogP contribution in [0, 0.1) is 9.52 Å². The van der Waals surface area contributed by atoms with Gasteiger partial charge in [-0.3, -0.25) is 0 Å². The quantitative estimate of drug-likeness (QED) is 0.450. The molecule has 0 amide bonds. The fourth-order valence-corrected chi connectivity index (χ4v) is 2.98. The summed E-state index contributed by atoms with van der Waals surface area (Å²) >= 11 is 1.71. The number of halogens is 3. The van der Waals surface area contributed by atoms with E-state index in [4.69, 9.17) is 10.7 Å². The van der Waals surface area contributed by atoms with Gasteiger partial charge in [-0.1, -0.05) is 0 Å². The van der Waals surface area contributed by atoms with E-state index in [0.29, 0.717) is 3.57 Å². The van der Waals surface area contributed by atoms with E-state index < -0.39 is 20.0 Å². The lowest BCUT2D eigenvalue weighted by atomic mass is 10.5. The lowest BCUT2D eigenvalue weighted by Gasteiger charge is -1.97. The standard InChI is InChI=1S/C5H2ClFINO2S/c6-12(10,11)5-3(8)1-2-4(7)9-5/h1-2H. The molecule has 0 radical (unpaired) electrons. The summed E-state index contributed by atoms with van der Waals surface area (Å²) in [6.45, 7) is 0. The minimum Gasteiger partial charge on any atom is -0.205 e. The Kier molecular flexibility index (Phi) is 2.89. The predicted octanol–water partition coefficient (Wildman–Crippen LogP) is 1.75. The van der Waals surface area contributed by atoms with Crippen molar-refractivity contribution in [1.82, 2.24) is 4.98 Å². The minimum absolute atomic E-state index is 0.295. The van der Waals surface area contributed by atoms with Gasteiger partial charge in [-0.25, -0.2) is 13.4 Å². The molecule has 0 N–H and O–H groups in total. The Labute approximate surface area is 86.5 Å². The molecular weight excluding hydrogens is 319 g/mol. The fraction of sp³-hybridized carbons (Fsp3) is 0. The SMILES string of the molecule is O=S(=O)(Cl)c1nc(F)ccc1I. The van der Waals surface area contributed by atoms with Crippen molar-refractivity contribution in [3.05, 3.63) is 21.7 Å². The van der Waals surface area contributed by atoms with Crippen molar-refractivity contribution in [2.45, 2.75) is 5.03 Å². The molecule has 0 unspecified atom stereocenters. The summed E-state index contributed by atoms with van der Waals surface area (Å²) in [6, 6.07) is 2.35. The van der Waals surface area contributed by atoms with Crippen LogP contribution in [0.15, 0.2) is 17.2 Å². The van der Waals surface area contributed by atoms with E-state index in [-0.39, 0.29) is 0 Å². The van der Waals surface area contributed by atoms with E-state index in [1.807, 2.05) is 0 Å². The van der Waals surface area contributed by atoms with E-state index in [0.717, 1.165) is 6.07 Å². The molecule has 0 aliphatic rings. The lowest BCUT2D eigenvalue weighted by Crippen LogP contribution is -2.00. The highest BCUT2D eigenvalue weighted by molar-refractivity contribution is 14.1. The summed E-state index contributed by atoms with van der Waals surface area (Å²) in [5.41, 5.74) is 0. The molecule has 0 spiro atoms. The van der Waals surface area contributed by atoms with Gasteiger partial charge < -0.3 is 0 Å². The highest BCUT2D eigenvalue weighted by atomic mass is 127. The molecule has 0 saturated heterocycles. The van der Waals surface area contributed by atoms with Gasteiger partial charge in [-0.15, -0.1) is 0 Å². The van der Waals surface area contributed by atoms with Crippen LogP contribution in [0.1, 0.15) is 0 Å². The molecule has 1 aromatic heterocycles. The number of pyridine rings is 1. The average Bonchev–Trinajstić information content (AvgIpc) is 1.92. The molecule has 3 nitrogen and oxygen atoms in total. The normalized spacial score (nSPS) is 11.6. The fourth-order valence-electron chi connectivity index (χ4n) is 0.572. The zero-order valence-electron chi connectivity index (χ0n) is 5.46. The molecule has 1 heterocycles. The lowest BCUT2D eigenvalue weighted by molar-refractivity contribution is 0.559. The van der Waals surface area contributed by atoms with E-state index >= 15 is 0 Å². The number of rotatable bonds is 1. The Hall–Kier alpha value is 0.0500. The van der Waals surface area contributed by atoms with Crippen molar-refractivity contribution in [3.8, 4) is 0 Å². The minimum atomic E-state index is -3.94. The second-order valence-corrected chi connectivity index (χ2v) is 5.50. The zero-order valence-corrected chi connectivity index (χ0v) is 9.19. The second-order valence-electron chi connectivity index (χ2n) is 1.86. The first-order valence-electron chi connectivity index (χ1n) is 2.68.